The van der Waals surface area contributed by atoms with Crippen LogP contribution >= 0.6 is 0 Å². The SMILES string of the molecule is CCCCC(CC)Cc1c(-c2cc(C(C)(C)C)cc(C(C)(C)C)c2)cc(C(C)(C)C)cc1C(C)(C)C. The molecule has 0 aliphatic carbocycles. The smallest absolute Gasteiger partial charge is 0.0129 e. The van der Waals surface area contributed by atoms with E-state index in [1.54, 1.807) is 11.1 Å². The summed E-state index contributed by atoms with van der Waals surface area (Å²) in [5.41, 5.74) is 10.8. The van der Waals surface area contributed by atoms with Crippen LogP contribution < -0.4 is 0 Å². The predicted molar refractivity (Wildman–Crippen MR) is 164 cm³/mol. The van der Waals surface area contributed by atoms with Crippen molar-refractivity contribution in [1.29, 1.82) is 0 Å². The monoisotopic (exact) mass is 490 g/mol. The molecule has 2 aromatic carbocycles. The lowest BCUT2D eigenvalue weighted by Crippen LogP contribution is -2.21. The zero-order valence-corrected chi connectivity index (χ0v) is 26.5. The topological polar surface area (TPSA) is 0 Å². The van der Waals surface area contributed by atoms with Crippen LogP contribution in [-0.2, 0) is 28.1 Å². The highest BCUT2D eigenvalue weighted by Crippen LogP contribution is 2.42. The van der Waals surface area contributed by atoms with Gasteiger partial charge in [-0.15, -0.1) is 0 Å². The molecule has 1 atom stereocenters. The van der Waals surface area contributed by atoms with Gasteiger partial charge in [0.2, 0.25) is 0 Å². The average molecular weight is 491 g/mol. The van der Waals surface area contributed by atoms with Crippen molar-refractivity contribution in [2.45, 2.75) is 151 Å². The van der Waals surface area contributed by atoms with Gasteiger partial charge < -0.3 is 0 Å². The van der Waals surface area contributed by atoms with Crippen molar-refractivity contribution in [1.82, 2.24) is 0 Å². The van der Waals surface area contributed by atoms with Gasteiger partial charge in [0.05, 0.1) is 0 Å². The molecule has 202 valence electrons. The lowest BCUT2D eigenvalue weighted by Gasteiger charge is -2.32. The van der Waals surface area contributed by atoms with E-state index in [2.05, 4.69) is 127 Å². The number of unbranched alkanes of at least 4 members (excludes halogenated alkanes) is 1. The molecule has 0 radical (unpaired) electrons. The Morgan fingerprint density at radius 3 is 1.44 bits per heavy atom. The summed E-state index contributed by atoms with van der Waals surface area (Å²) in [5, 5.41) is 0. The first-order valence-electron chi connectivity index (χ1n) is 14.6. The van der Waals surface area contributed by atoms with Gasteiger partial charge in [-0.3, -0.25) is 0 Å². The molecular formula is C36H58. The maximum absolute atomic E-state index is 2.55. The highest BCUT2D eigenvalue weighted by atomic mass is 14.3. The van der Waals surface area contributed by atoms with Crippen LogP contribution in [0.3, 0.4) is 0 Å². The molecule has 0 amide bonds. The van der Waals surface area contributed by atoms with E-state index in [4.69, 9.17) is 0 Å². The summed E-state index contributed by atoms with van der Waals surface area (Å²) < 4.78 is 0. The molecule has 0 heterocycles. The lowest BCUT2D eigenvalue weighted by molar-refractivity contribution is 0.443. The molecule has 0 aliphatic rings. The molecule has 1 unspecified atom stereocenters. The molecule has 0 aliphatic heterocycles. The van der Waals surface area contributed by atoms with Crippen molar-refractivity contribution in [2.24, 2.45) is 5.92 Å². The molecule has 36 heavy (non-hydrogen) atoms. The van der Waals surface area contributed by atoms with Crippen LogP contribution in [0.25, 0.3) is 11.1 Å². The van der Waals surface area contributed by atoms with Crippen molar-refractivity contribution >= 4 is 0 Å². The molecular weight excluding hydrogens is 432 g/mol. The Morgan fingerprint density at radius 2 is 1.06 bits per heavy atom. The third-order valence-electron chi connectivity index (χ3n) is 7.94. The van der Waals surface area contributed by atoms with Gasteiger partial charge in [-0.25, -0.2) is 0 Å². The first kappa shape index (κ1) is 30.7. The second-order valence-electron chi connectivity index (χ2n) is 15.5. The van der Waals surface area contributed by atoms with Crippen molar-refractivity contribution in [2.75, 3.05) is 0 Å². The van der Waals surface area contributed by atoms with Crippen LogP contribution in [0, 0.1) is 5.92 Å². The van der Waals surface area contributed by atoms with Gasteiger partial charge in [-0.1, -0.05) is 153 Å². The van der Waals surface area contributed by atoms with E-state index in [0.29, 0.717) is 0 Å². The van der Waals surface area contributed by atoms with E-state index in [0.717, 1.165) is 5.92 Å². The Morgan fingerprint density at radius 1 is 0.583 bits per heavy atom. The summed E-state index contributed by atoms with van der Waals surface area (Å²) in [7, 11) is 0. The Labute approximate surface area is 225 Å². The predicted octanol–water partition coefficient (Wildman–Crippen LogP) is 11.3. The summed E-state index contributed by atoms with van der Waals surface area (Å²) >= 11 is 0. The molecule has 2 rings (SSSR count). The summed E-state index contributed by atoms with van der Waals surface area (Å²) in [6.45, 7) is 33.1. The molecule has 0 aromatic heterocycles. The van der Waals surface area contributed by atoms with Crippen molar-refractivity contribution < 1.29 is 0 Å². The minimum atomic E-state index is 0.100. The van der Waals surface area contributed by atoms with E-state index in [1.165, 1.54) is 59.9 Å². The van der Waals surface area contributed by atoms with E-state index in [-0.39, 0.29) is 21.7 Å². The summed E-state index contributed by atoms with van der Waals surface area (Å²) in [6.07, 6.45) is 6.35. The van der Waals surface area contributed by atoms with Crippen molar-refractivity contribution in [3.8, 4) is 11.1 Å². The van der Waals surface area contributed by atoms with Crippen LogP contribution in [0.15, 0.2) is 30.3 Å². The minimum absolute atomic E-state index is 0.100. The second kappa shape index (κ2) is 11.0. The van der Waals surface area contributed by atoms with Crippen LogP contribution in [0.2, 0.25) is 0 Å². The molecule has 0 saturated heterocycles. The minimum Gasteiger partial charge on any atom is -0.0654 e. The molecule has 2 aromatic rings. The lowest BCUT2D eigenvalue weighted by atomic mass is 9.72. The standard InChI is InChI=1S/C36H58/c1-15-17-18-25(16-2)19-31-30(23-29(35(9,10)11)24-32(31)36(12,13)14)26-20-27(33(3,4)5)22-28(21-26)34(6,7)8/h20-25H,15-19H2,1-14H3. The zero-order chi connectivity index (χ0) is 27.7. The first-order valence-corrected chi connectivity index (χ1v) is 14.6. The maximum atomic E-state index is 2.55. The summed E-state index contributed by atoms with van der Waals surface area (Å²) in [6, 6.07) is 12.5. The molecule has 0 spiro atoms. The quantitative estimate of drug-likeness (QED) is 0.362. The first-order chi connectivity index (χ1) is 16.3. The maximum Gasteiger partial charge on any atom is -0.0129 e. The van der Waals surface area contributed by atoms with Gasteiger partial charge in [0.25, 0.3) is 0 Å². The summed E-state index contributed by atoms with van der Waals surface area (Å²) in [4.78, 5) is 0. The Kier molecular flexibility index (Phi) is 9.41. The van der Waals surface area contributed by atoms with Gasteiger partial charge >= 0.3 is 0 Å². The Balaban J connectivity index is 2.99. The Bertz CT molecular complexity index is 974. The van der Waals surface area contributed by atoms with E-state index in [1.807, 2.05) is 0 Å². The summed E-state index contributed by atoms with van der Waals surface area (Å²) in [5.74, 6) is 0.734. The fraction of sp³-hybridized carbons (Fsp3) is 0.667. The number of hydrogen-bond acceptors (Lipinski definition) is 0. The van der Waals surface area contributed by atoms with Crippen molar-refractivity contribution in [3.63, 3.8) is 0 Å². The van der Waals surface area contributed by atoms with Gasteiger partial charge in [0, 0.05) is 0 Å². The fourth-order valence-corrected chi connectivity index (χ4v) is 5.13. The highest BCUT2D eigenvalue weighted by Gasteiger charge is 2.28. The molecule has 0 saturated carbocycles. The third-order valence-corrected chi connectivity index (χ3v) is 7.94. The number of hydrogen-bond donors (Lipinski definition) is 0. The van der Waals surface area contributed by atoms with E-state index < -0.39 is 0 Å². The number of rotatable bonds is 7. The molecule has 0 nitrogen and oxygen atoms in total. The largest absolute Gasteiger partial charge is 0.0654 e. The van der Waals surface area contributed by atoms with Gasteiger partial charge in [-0.2, -0.15) is 0 Å². The molecule has 0 bridgehead atoms. The number of benzene rings is 2. The molecule has 0 fully saturated rings. The average Bonchev–Trinajstić information content (AvgIpc) is 2.73. The fourth-order valence-electron chi connectivity index (χ4n) is 5.13. The van der Waals surface area contributed by atoms with Crippen LogP contribution in [0.1, 0.15) is 150 Å². The normalized spacial score (nSPS) is 14.3. The van der Waals surface area contributed by atoms with Crippen LogP contribution in [0.4, 0.5) is 0 Å². The van der Waals surface area contributed by atoms with Gasteiger partial charge in [0.1, 0.15) is 0 Å². The highest BCUT2D eigenvalue weighted by molar-refractivity contribution is 5.73. The van der Waals surface area contributed by atoms with Gasteiger partial charge in [-0.05, 0) is 72.9 Å². The molecule has 0 heteroatoms. The van der Waals surface area contributed by atoms with E-state index >= 15 is 0 Å². The molecule has 0 N–H and O–H groups in total. The van der Waals surface area contributed by atoms with Gasteiger partial charge in [0.15, 0.2) is 0 Å². The second-order valence-corrected chi connectivity index (χ2v) is 15.5. The van der Waals surface area contributed by atoms with Crippen LogP contribution in [-0.4, -0.2) is 0 Å². The Hall–Kier alpha value is -1.56. The van der Waals surface area contributed by atoms with Crippen molar-refractivity contribution in [3.05, 3.63) is 58.1 Å². The third kappa shape index (κ3) is 7.72. The van der Waals surface area contributed by atoms with Crippen LogP contribution in [0.5, 0.6) is 0 Å². The van der Waals surface area contributed by atoms with E-state index in [9.17, 15) is 0 Å². The zero-order valence-electron chi connectivity index (χ0n) is 26.5.